The third-order valence-electron chi connectivity index (χ3n) is 4.30. The maximum atomic E-state index is 12.1. The molecule has 1 fully saturated rings. The zero-order valence-electron chi connectivity index (χ0n) is 14.4. The van der Waals surface area contributed by atoms with Crippen LogP contribution < -0.4 is 16.0 Å². The van der Waals surface area contributed by atoms with Crippen LogP contribution in [0.15, 0.2) is 30.3 Å². The molecule has 0 aliphatic carbocycles. The summed E-state index contributed by atoms with van der Waals surface area (Å²) in [6.45, 7) is 6.29. The number of hydrogen-bond donors (Lipinski definition) is 3. The normalized spacial score (nSPS) is 18.7. The highest BCUT2D eigenvalue weighted by molar-refractivity contribution is 6.04. The number of rotatable bonds is 7. The fraction of sp³-hybridized carbons (Fsp3) is 0.500. The SMILES string of the molecule is C[C@H](CC(C)(C)c1ccccc1)NC(=O)CC[C@H]1NC(=O)NC1=O. The van der Waals surface area contributed by atoms with E-state index in [0.29, 0.717) is 6.42 Å². The van der Waals surface area contributed by atoms with Crippen LogP contribution in [0.25, 0.3) is 0 Å². The van der Waals surface area contributed by atoms with E-state index in [2.05, 4.69) is 41.9 Å². The number of amides is 4. The predicted molar refractivity (Wildman–Crippen MR) is 91.4 cm³/mol. The second-order valence-electron chi connectivity index (χ2n) is 6.98. The number of imide groups is 1. The minimum atomic E-state index is -0.612. The molecule has 24 heavy (non-hydrogen) atoms. The Labute approximate surface area is 142 Å². The molecule has 1 aliphatic rings. The smallest absolute Gasteiger partial charge is 0.322 e. The first kappa shape index (κ1) is 18.0. The van der Waals surface area contributed by atoms with Crippen molar-refractivity contribution in [1.82, 2.24) is 16.0 Å². The highest BCUT2D eigenvalue weighted by atomic mass is 16.2. The van der Waals surface area contributed by atoms with E-state index in [0.717, 1.165) is 6.42 Å². The van der Waals surface area contributed by atoms with Crippen molar-refractivity contribution in [2.24, 2.45) is 0 Å². The highest BCUT2D eigenvalue weighted by Crippen LogP contribution is 2.28. The average molecular weight is 331 g/mol. The van der Waals surface area contributed by atoms with Crippen molar-refractivity contribution in [2.45, 2.75) is 57.5 Å². The summed E-state index contributed by atoms with van der Waals surface area (Å²) in [5.41, 5.74) is 1.18. The Morgan fingerprint density at radius 1 is 1.25 bits per heavy atom. The molecule has 0 unspecified atom stereocenters. The summed E-state index contributed by atoms with van der Waals surface area (Å²) in [7, 11) is 0. The standard InChI is InChI=1S/C18H25N3O3/c1-12(11-18(2,3)13-7-5-4-6-8-13)19-15(22)10-9-14-16(23)21-17(24)20-14/h4-8,12,14H,9-11H2,1-3H3,(H,19,22)(H2,20,21,23,24)/t12-,14-/m1/s1. The molecule has 0 spiro atoms. The number of carbonyl (C=O) groups excluding carboxylic acids is 3. The van der Waals surface area contributed by atoms with E-state index < -0.39 is 12.1 Å². The van der Waals surface area contributed by atoms with Gasteiger partial charge in [0.1, 0.15) is 6.04 Å². The molecule has 0 saturated carbocycles. The van der Waals surface area contributed by atoms with Crippen LogP contribution in [0, 0.1) is 0 Å². The number of nitrogens with one attached hydrogen (secondary N) is 3. The lowest BCUT2D eigenvalue weighted by Crippen LogP contribution is -2.38. The predicted octanol–water partition coefficient (Wildman–Crippen LogP) is 1.85. The van der Waals surface area contributed by atoms with Gasteiger partial charge in [0.2, 0.25) is 5.91 Å². The molecule has 1 aliphatic heterocycles. The molecule has 6 heteroatoms. The van der Waals surface area contributed by atoms with Gasteiger partial charge in [0.15, 0.2) is 0 Å². The minimum Gasteiger partial charge on any atom is -0.354 e. The molecule has 1 aromatic rings. The minimum absolute atomic E-state index is 0.0136. The summed E-state index contributed by atoms with van der Waals surface area (Å²) in [6.07, 6.45) is 1.32. The molecule has 0 aromatic heterocycles. The fourth-order valence-corrected chi connectivity index (χ4v) is 3.11. The summed E-state index contributed by atoms with van der Waals surface area (Å²) < 4.78 is 0. The highest BCUT2D eigenvalue weighted by Gasteiger charge is 2.30. The summed E-state index contributed by atoms with van der Waals surface area (Å²) in [5.74, 6) is -0.480. The van der Waals surface area contributed by atoms with E-state index in [9.17, 15) is 14.4 Å². The van der Waals surface area contributed by atoms with Gasteiger partial charge >= 0.3 is 6.03 Å². The van der Waals surface area contributed by atoms with E-state index in [1.165, 1.54) is 5.56 Å². The molecule has 3 N–H and O–H groups in total. The van der Waals surface area contributed by atoms with Gasteiger partial charge < -0.3 is 10.6 Å². The maximum absolute atomic E-state index is 12.1. The molecule has 130 valence electrons. The zero-order valence-corrected chi connectivity index (χ0v) is 14.4. The van der Waals surface area contributed by atoms with Gasteiger partial charge in [0.25, 0.3) is 5.91 Å². The summed E-state index contributed by atoms with van der Waals surface area (Å²) in [4.78, 5) is 34.5. The van der Waals surface area contributed by atoms with Crippen molar-refractivity contribution in [3.8, 4) is 0 Å². The van der Waals surface area contributed by atoms with Gasteiger partial charge in [-0.2, -0.15) is 0 Å². The van der Waals surface area contributed by atoms with E-state index in [4.69, 9.17) is 0 Å². The van der Waals surface area contributed by atoms with Crippen LogP contribution >= 0.6 is 0 Å². The van der Waals surface area contributed by atoms with Crippen molar-refractivity contribution >= 4 is 17.8 Å². The Morgan fingerprint density at radius 3 is 2.50 bits per heavy atom. The zero-order chi connectivity index (χ0) is 17.7. The van der Waals surface area contributed by atoms with Gasteiger partial charge in [0, 0.05) is 12.5 Å². The number of benzene rings is 1. The number of carbonyl (C=O) groups is 3. The van der Waals surface area contributed by atoms with Gasteiger partial charge in [-0.25, -0.2) is 4.79 Å². The van der Waals surface area contributed by atoms with Gasteiger partial charge in [-0.05, 0) is 30.7 Å². The lowest BCUT2D eigenvalue weighted by atomic mass is 9.79. The third kappa shape index (κ3) is 4.81. The summed E-state index contributed by atoms with van der Waals surface area (Å²) in [6, 6.07) is 9.11. The quantitative estimate of drug-likeness (QED) is 0.666. The molecule has 2 rings (SSSR count). The lowest BCUT2D eigenvalue weighted by molar-refractivity contribution is -0.122. The van der Waals surface area contributed by atoms with Crippen molar-refractivity contribution < 1.29 is 14.4 Å². The molecule has 1 aromatic carbocycles. The van der Waals surface area contributed by atoms with Crippen LogP contribution in [0.2, 0.25) is 0 Å². The molecule has 6 nitrogen and oxygen atoms in total. The molecular formula is C18H25N3O3. The first-order chi connectivity index (χ1) is 11.3. The number of hydrogen-bond acceptors (Lipinski definition) is 3. The summed E-state index contributed by atoms with van der Waals surface area (Å²) in [5, 5.41) is 7.62. The Morgan fingerprint density at radius 2 is 1.92 bits per heavy atom. The second kappa shape index (κ2) is 7.47. The van der Waals surface area contributed by atoms with E-state index in [-0.39, 0.29) is 29.7 Å². The van der Waals surface area contributed by atoms with Crippen molar-refractivity contribution in [1.29, 1.82) is 0 Å². The van der Waals surface area contributed by atoms with E-state index in [1.807, 2.05) is 25.1 Å². The lowest BCUT2D eigenvalue weighted by Gasteiger charge is -2.29. The van der Waals surface area contributed by atoms with Crippen LogP contribution in [-0.2, 0) is 15.0 Å². The Balaban J connectivity index is 1.79. The first-order valence-corrected chi connectivity index (χ1v) is 8.24. The first-order valence-electron chi connectivity index (χ1n) is 8.24. The Kier molecular flexibility index (Phi) is 5.59. The topological polar surface area (TPSA) is 87.3 Å². The van der Waals surface area contributed by atoms with Gasteiger partial charge in [-0.1, -0.05) is 44.2 Å². The Bertz CT molecular complexity index is 613. The molecule has 0 radical (unpaired) electrons. The van der Waals surface area contributed by atoms with Crippen LogP contribution in [0.4, 0.5) is 4.79 Å². The van der Waals surface area contributed by atoms with E-state index in [1.54, 1.807) is 0 Å². The van der Waals surface area contributed by atoms with Crippen LogP contribution in [0.3, 0.4) is 0 Å². The van der Waals surface area contributed by atoms with Crippen LogP contribution in [-0.4, -0.2) is 29.9 Å². The van der Waals surface area contributed by atoms with Crippen molar-refractivity contribution in [2.75, 3.05) is 0 Å². The molecule has 2 atom stereocenters. The summed E-state index contributed by atoms with van der Waals surface area (Å²) >= 11 is 0. The molecule has 1 heterocycles. The average Bonchev–Trinajstić information content (AvgIpc) is 2.83. The maximum Gasteiger partial charge on any atom is 0.322 e. The number of urea groups is 1. The fourth-order valence-electron chi connectivity index (χ4n) is 3.11. The Hall–Kier alpha value is -2.37. The van der Waals surface area contributed by atoms with Crippen molar-refractivity contribution in [3.05, 3.63) is 35.9 Å². The van der Waals surface area contributed by atoms with Crippen LogP contribution in [0.5, 0.6) is 0 Å². The largest absolute Gasteiger partial charge is 0.354 e. The van der Waals surface area contributed by atoms with Gasteiger partial charge in [-0.15, -0.1) is 0 Å². The second-order valence-corrected chi connectivity index (χ2v) is 6.98. The molecule has 1 saturated heterocycles. The molecule has 4 amide bonds. The van der Waals surface area contributed by atoms with E-state index >= 15 is 0 Å². The molecular weight excluding hydrogens is 306 g/mol. The monoisotopic (exact) mass is 331 g/mol. The van der Waals surface area contributed by atoms with Crippen molar-refractivity contribution in [3.63, 3.8) is 0 Å². The van der Waals surface area contributed by atoms with Crippen LogP contribution in [0.1, 0.15) is 45.6 Å². The van der Waals surface area contributed by atoms with Gasteiger partial charge in [-0.3, -0.25) is 14.9 Å². The van der Waals surface area contributed by atoms with Gasteiger partial charge in [0.05, 0.1) is 0 Å². The third-order valence-corrected chi connectivity index (χ3v) is 4.30. The molecule has 0 bridgehead atoms.